The van der Waals surface area contributed by atoms with Crippen molar-refractivity contribution in [3.8, 4) is 0 Å². The van der Waals surface area contributed by atoms with E-state index in [1.54, 1.807) is 23.1 Å². The molecule has 1 amide bonds. The Morgan fingerprint density at radius 3 is 2.53 bits per heavy atom. The number of amides is 1. The summed E-state index contributed by atoms with van der Waals surface area (Å²) in [6.07, 6.45) is 1.74. The van der Waals surface area contributed by atoms with E-state index in [4.69, 9.17) is 10.8 Å². The first-order chi connectivity index (χ1) is 9.04. The fourth-order valence-electron chi connectivity index (χ4n) is 2.13. The largest absolute Gasteiger partial charge is 0.398 e. The first kappa shape index (κ1) is 16.0. The summed E-state index contributed by atoms with van der Waals surface area (Å²) < 4.78 is 0.778. The number of benzene rings is 1. The zero-order valence-corrected chi connectivity index (χ0v) is 13.0. The van der Waals surface area contributed by atoms with Gasteiger partial charge in [-0.1, -0.05) is 13.8 Å². The summed E-state index contributed by atoms with van der Waals surface area (Å²) in [5, 5.41) is 9.15. The molecule has 1 aromatic rings. The van der Waals surface area contributed by atoms with Gasteiger partial charge in [0.1, 0.15) is 0 Å². The average Bonchev–Trinajstić information content (AvgIpc) is 2.41. The van der Waals surface area contributed by atoms with E-state index < -0.39 is 0 Å². The molecule has 0 saturated heterocycles. The molecule has 19 heavy (non-hydrogen) atoms. The maximum atomic E-state index is 12.5. The molecule has 0 bridgehead atoms. The van der Waals surface area contributed by atoms with Gasteiger partial charge >= 0.3 is 0 Å². The van der Waals surface area contributed by atoms with Crippen LogP contribution in [0, 0.1) is 0 Å². The third-order valence-corrected chi connectivity index (χ3v) is 3.95. The molecule has 0 radical (unpaired) electrons. The molecule has 4 nitrogen and oxygen atoms in total. The number of aliphatic hydroxyl groups excluding tert-OH is 1. The molecule has 0 aliphatic carbocycles. The van der Waals surface area contributed by atoms with Crippen LogP contribution in [0.25, 0.3) is 0 Å². The highest BCUT2D eigenvalue weighted by Crippen LogP contribution is 2.22. The third kappa shape index (κ3) is 3.94. The number of nitrogens with two attached hydrogens (primary N) is 1. The Labute approximate surface area is 122 Å². The van der Waals surface area contributed by atoms with Crippen LogP contribution in [0.5, 0.6) is 0 Å². The number of aliphatic hydroxyl groups is 1. The molecule has 5 heteroatoms. The topological polar surface area (TPSA) is 66.6 Å². The fourth-order valence-corrected chi connectivity index (χ4v) is 2.38. The number of carbonyl (C=O) groups excluding carboxylic acids is 1. The zero-order valence-electron chi connectivity index (χ0n) is 11.4. The van der Waals surface area contributed by atoms with Crippen LogP contribution in [-0.4, -0.2) is 35.1 Å². The van der Waals surface area contributed by atoms with Crippen molar-refractivity contribution >= 4 is 27.5 Å². The minimum atomic E-state index is -0.0815. The molecular formula is C14H21BrN2O2. The first-order valence-corrected chi connectivity index (χ1v) is 7.31. The van der Waals surface area contributed by atoms with Crippen LogP contribution in [0.2, 0.25) is 0 Å². The first-order valence-electron chi connectivity index (χ1n) is 6.51. The minimum absolute atomic E-state index is 0.0335. The van der Waals surface area contributed by atoms with Crippen molar-refractivity contribution in [3.05, 3.63) is 28.2 Å². The lowest BCUT2D eigenvalue weighted by Gasteiger charge is -2.30. The van der Waals surface area contributed by atoms with E-state index in [0.717, 1.165) is 17.3 Å². The van der Waals surface area contributed by atoms with Gasteiger partial charge in [-0.15, -0.1) is 0 Å². The maximum Gasteiger partial charge on any atom is 0.254 e. The molecule has 0 aliphatic heterocycles. The van der Waals surface area contributed by atoms with Crippen LogP contribution in [0.15, 0.2) is 22.7 Å². The number of halogens is 1. The van der Waals surface area contributed by atoms with Crippen LogP contribution in [0.3, 0.4) is 0 Å². The second-order valence-corrected chi connectivity index (χ2v) is 5.28. The van der Waals surface area contributed by atoms with E-state index in [9.17, 15) is 4.79 Å². The number of nitrogen functional groups attached to an aromatic ring is 1. The van der Waals surface area contributed by atoms with E-state index >= 15 is 0 Å². The van der Waals surface area contributed by atoms with Crippen LogP contribution in [-0.2, 0) is 0 Å². The predicted molar refractivity (Wildman–Crippen MR) is 81.0 cm³/mol. The smallest absolute Gasteiger partial charge is 0.254 e. The Kier molecular flexibility index (Phi) is 6.31. The normalized spacial score (nSPS) is 10.8. The molecule has 0 aliphatic rings. The quantitative estimate of drug-likeness (QED) is 0.789. The van der Waals surface area contributed by atoms with Crippen molar-refractivity contribution in [2.45, 2.75) is 32.7 Å². The van der Waals surface area contributed by atoms with Crippen molar-refractivity contribution in [1.29, 1.82) is 0 Å². The zero-order chi connectivity index (χ0) is 14.4. The van der Waals surface area contributed by atoms with Gasteiger partial charge in [0.05, 0.1) is 6.61 Å². The molecule has 0 spiro atoms. The van der Waals surface area contributed by atoms with Crippen LogP contribution < -0.4 is 5.73 Å². The summed E-state index contributed by atoms with van der Waals surface area (Å²) in [6.45, 7) is 4.40. The number of nitrogens with zero attached hydrogens (tertiary/aromatic N) is 1. The van der Waals surface area contributed by atoms with Gasteiger partial charge in [0.2, 0.25) is 0 Å². The second kappa shape index (κ2) is 7.50. The SMILES string of the molecule is CCC(CC)N(CCO)C(=O)c1ccc(Br)c(N)c1. The highest BCUT2D eigenvalue weighted by Gasteiger charge is 2.22. The Balaban J connectivity index is 3.01. The molecule has 0 unspecified atom stereocenters. The van der Waals surface area contributed by atoms with Gasteiger partial charge in [0, 0.05) is 28.3 Å². The number of hydrogen-bond donors (Lipinski definition) is 2. The fraction of sp³-hybridized carbons (Fsp3) is 0.500. The van der Waals surface area contributed by atoms with Crippen molar-refractivity contribution < 1.29 is 9.90 Å². The van der Waals surface area contributed by atoms with Gasteiger partial charge in [0.25, 0.3) is 5.91 Å². The second-order valence-electron chi connectivity index (χ2n) is 4.43. The molecule has 3 N–H and O–H groups in total. The predicted octanol–water partition coefficient (Wildman–Crippen LogP) is 2.65. The summed E-state index contributed by atoms with van der Waals surface area (Å²) in [5.74, 6) is -0.0815. The summed E-state index contributed by atoms with van der Waals surface area (Å²) in [4.78, 5) is 14.2. The highest BCUT2D eigenvalue weighted by molar-refractivity contribution is 9.10. The van der Waals surface area contributed by atoms with E-state index in [1.165, 1.54) is 0 Å². The monoisotopic (exact) mass is 328 g/mol. The molecule has 0 atom stereocenters. The van der Waals surface area contributed by atoms with Crippen molar-refractivity contribution in [2.75, 3.05) is 18.9 Å². The lowest BCUT2D eigenvalue weighted by Crippen LogP contribution is -2.41. The van der Waals surface area contributed by atoms with Gasteiger partial charge in [-0.3, -0.25) is 4.79 Å². The van der Waals surface area contributed by atoms with Gasteiger partial charge in [-0.25, -0.2) is 0 Å². The Bertz CT molecular complexity index is 433. The van der Waals surface area contributed by atoms with Gasteiger partial charge < -0.3 is 15.7 Å². The molecule has 1 rings (SSSR count). The Morgan fingerprint density at radius 2 is 2.05 bits per heavy atom. The molecule has 0 saturated carbocycles. The lowest BCUT2D eigenvalue weighted by atomic mass is 10.1. The molecule has 0 fully saturated rings. The van der Waals surface area contributed by atoms with Gasteiger partial charge in [-0.05, 0) is 47.0 Å². The number of anilines is 1. The van der Waals surface area contributed by atoms with Crippen LogP contribution >= 0.6 is 15.9 Å². The number of hydrogen-bond acceptors (Lipinski definition) is 3. The molecule has 0 heterocycles. The minimum Gasteiger partial charge on any atom is -0.398 e. The van der Waals surface area contributed by atoms with Crippen molar-refractivity contribution in [2.24, 2.45) is 0 Å². The standard InChI is InChI=1S/C14H21BrN2O2/c1-3-11(4-2)17(7-8-18)14(19)10-5-6-12(15)13(16)9-10/h5-6,9,11,18H,3-4,7-8,16H2,1-2H3. The lowest BCUT2D eigenvalue weighted by molar-refractivity contribution is 0.0622. The van der Waals surface area contributed by atoms with Gasteiger partial charge in [0.15, 0.2) is 0 Å². The molecule has 1 aromatic carbocycles. The summed E-state index contributed by atoms with van der Waals surface area (Å²) in [6, 6.07) is 5.32. The van der Waals surface area contributed by atoms with E-state index in [1.807, 2.05) is 13.8 Å². The van der Waals surface area contributed by atoms with Crippen molar-refractivity contribution in [3.63, 3.8) is 0 Å². The van der Waals surface area contributed by atoms with Crippen molar-refractivity contribution in [1.82, 2.24) is 4.90 Å². The Hall–Kier alpha value is -1.07. The molecule has 106 valence electrons. The number of rotatable bonds is 6. The summed E-state index contributed by atoms with van der Waals surface area (Å²) in [5.41, 5.74) is 6.90. The number of carbonyl (C=O) groups is 1. The average molecular weight is 329 g/mol. The molecule has 0 aromatic heterocycles. The highest BCUT2D eigenvalue weighted by atomic mass is 79.9. The summed E-state index contributed by atoms with van der Waals surface area (Å²) in [7, 11) is 0. The maximum absolute atomic E-state index is 12.5. The Morgan fingerprint density at radius 1 is 1.42 bits per heavy atom. The van der Waals surface area contributed by atoms with Crippen LogP contribution in [0.1, 0.15) is 37.0 Å². The van der Waals surface area contributed by atoms with E-state index in [0.29, 0.717) is 17.8 Å². The third-order valence-electron chi connectivity index (χ3n) is 3.23. The van der Waals surface area contributed by atoms with E-state index in [2.05, 4.69) is 15.9 Å². The molecular weight excluding hydrogens is 308 g/mol. The summed E-state index contributed by atoms with van der Waals surface area (Å²) >= 11 is 3.31. The van der Waals surface area contributed by atoms with E-state index in [-0.39, 0.29) is 18.6 Å². The van der Waals surface area contributed by atoms with Gasteiger partial charge in [-0.2, -0.15) is 0 Å². The van der Waals surface area contributed by atoms with Crippen LogP contribution in [0.4, 0.5) is 5.69 Å².